The van der Waals surface area contributed by atoms with Crippen LogP contribution in [0.2, 0.25) is 0 Å². The van der Waals surface area contributed by atoms with Crippen LogP contribution in [0.15, 0.2) is 4.99 Å². The molecule has 0 spiro atoms. The van der Waals surface area contributed by atoms with Gasteiger partial charge in [0.15, 0.2) is 0 Å². The van der Waals surface area contributed by atoms with Gasteiger partial charge in [-0.2, -0.15) is 0 Å². The van der Waals surface area contributed by atoms with Crippen molar-refractivity contribution in [1.29, 1.82) is 0 Å². The highest BCUT2D eigenvalue weighted by molar-refractivity contribution is 6.00. The number of hydrogen-bond donors (Lipinski definition) is 2. The minimum absolute atomic E-state index is 0.0926. The zero-order valence-corrected chi connectivity index (χ0v) is 5.42. The van der Waals surface area contributed by atoms with Crippen LogP contribution in [-0.4, -0.2) is 36.4 Å². The first-order valence-electron chi connectivity index (χ1n) is 3.21. The number of aliphatic imine (C=N–C) groups is 1. The van der Waals surface area contributed by atoms with Gasteiger partial charge in [-0.3, -0.25) is 15.1 Å². The van der Waals surface area contributed by atoms with Crippen LogP contribution in [0.3, 0.4) is 0 Å². The van der Waals surface area contributed by atoms with Gasteiger partial charge in [0.2, 0.25) is 11.9 Å². The van der Waals surface area contributed by atoms with Crippen molar-refractivity contribution in [1.82, 2.24) is 15.8 Å². The Labute approximate surface area is 58.1 Å². The molecule has 5 heteroatoms. The fourth-order valence-corrected chi connectivity index (χ4v) is 1.09. The molecule has 2 rings (SSSR count). The molecule has 0 aliphatic carbocycles. The fourth-order valence-electron chi connectivity index (χ4n) is 1.09. The summed E-state index contributed by atoms with van der Waals surface area (Å²) in [6.45, 7) is 1.80. The molecular weight excluding hydrogens is 132 g/mol. The van der Waals surface area contributed by atoms with E-state index in [0.717, 1.165) is 13.1 Å². The van der Waals surface area contributed by atoms with Gasteiger partial charge in [0, 0.05) is 6.54 Å². The Morgan fingerprint density at radius 2 is 2.50 bits per heavy atom. The van der Waals surface area contributed by atoms with Gasteiger partial charge in [-0.15, -0.1) is 0 Å². The number of nitrogens with zero attached hydrogens (tertiary/aromatic N) is 2. The highest BCUT2D eigenvalue weighted by atomic mass is 16.2. The average molecular weight is 140 g/mol. The quantitative estimate of drug-likeness (QED) is 0.421. The van der Waals surface area contributed by atoms with Crippen LogP contribution in [-0.2, 0) is 4.79 Å². The van der Waals surface area contributed by atoms with Crippen molar-refractivity contribution < 1.29 is 4.79 Å². The molecule has 1 fully saturated rings. The van der Waals surface area contributed by atoms with Gasteiger partial charge < -0.3 is 0 Å². The van der Waals surface area contributed by atoms with E-state index in [0.29, 0.717) is 12.5 Å². The van der Waals surface area contributed by atoms with E-state index >= 15 is 0 Å². The van der Waals surface area contributed by atoms with Gasteiger partial charge in [-0.05, 0) is 0 Å². The molecule has 0 aromatic rings. The van der Waals surface area contributed by atoms with Crippen molar-refractivity contribution in [2.45, 2.75) is 0 Å². The van der Waals surface area contributed by atoms with Crippen LogP contribution in [0.25, 0.3) is 0 Å². The lowest BCUT2D eigenvalue weighted by atomic mass is 10.5. The molecule has 2 N–H and O–H groups in total. The van der Waals surface area contributed by atoms with E-state index in [1.165, 1.54) is 0 Å². The zero-order valence-electron chi connectivity index (χ0n) is 5.42. The van der Waals surface area contributed by atoms with E-state index in [1.807, 2.05) is 0 Å². The first kappa shape index (κ1) is 5.67. The molecule has 0 bridgehead atoms. The monoisotopic (exact) mass is 140 g/mol. The van der Waals surface area contributed by atoms with E-state index in [1.54, 1.807) is 4.90 Å². The Hall–Kier alpha value is -1.10. The standard InChI is InChI=1S/C5H8N4O/c10-4-3-7-8-5-6-1-2-9(4)5/h7H,1-3H2,(H,6,8). The average Bonchev–Trinajstić information content (AvgIpc) is 2.36. The molecule has 0 saturated carbocycles. The Bertz CT molecular complexity index is 200. The molecule has 0 radical (unpaired) electrons. The van der Waals surface area contributed by atoms with Crippen molar-refractivity contribution in [3.63, 3.8) is 0 Å². The highest BCUT2D eigenvalue weighted by Crippen LogP contribution is 2.01. The zero-order chi connectivity index (χ0) is 6.97. The molecule has 1 amide bonds. The Morgan fingerprint density at radius 3 is 3.30 bits per heavy atom. The lowest BCUT2D eigenvalue weighted by Gasteiger charge is -2.24. The second kappa shape index (κ2) is 1.95. The van der Waals surface area contributed by atoms with Gasteiger partial charge in [0.25, 0.3) is 0 Å². The third kappa shape index (κ3) is 0.672. The first-order chi connectivity index (χ1) is 4.88. The summed E-state index contributed by atoms with van der Waals surface area (Å²) in [4.78, 5) is 16.7. The Morgan fingerprint density at radius 1 is 1.60 bits per heavy atom. The van der Waals surface area contributed by atoms with E-state index in [4.69, 9.17) is 0 Å². The molecule has 5 nitrogen and oxygen atoms in total. The minimum atomic E-state index is 0.0926. The van der Waals surface area contributed by atoms with Gasteiger partial charge in [0.1, 0.15) is 0 Å². The number of fused-ring (bicyclic) bond motifs is 1. The lowest BCUT2D eigenvalue weighted by Crippen LogP contribution is -2.57. The molecule has 10 heavy (non-hydrogen) atoms. The number of amides is 1. The van der Waals surface area contributed by atoms with E-state index in [-0.39, 0.29) is 5.91 Å². The second-order valence-electron chi connectivity index (χ2n) is 2.23. The van der Waals surface area contributed by atoms with Crippen molar-refractivity contribution in [2.75, 3.05) is 19.6 Å². The molecule has 0 aromatic heterocycles. The van der Waals surface area contributed by atoms with Crippen molar-refractivity contribution in [2.24, 2.45) is 4.99 Å². The smallest absolute Gasteiger partial charge is 0.245 e. The Kier molecular flexibility index (Phi) is 1.10. The van der Waals surface area contributed by atoms with E-state index < -0.39 is 0 Å². The van der Waals surface area contributed by atoms with Gasteiger partial charge in [0.05, 0.1) is 13.1 Å². The van der Waals surface area contributed by atoms with Crippen LogP contribution in [0.5, 0.6) is 0 Å². The third-order valence-corrected chi connectivity index (χ3v) is 1.58. The normalized spacial score (nSPS) is 23.8. The molecule has 0 unspecified atom stereocenters. The Balaban J connectivity index is 2.21. The van der Waals surface area contributed by atoms with Crippen molar-refractivity contribution in [3.8, 4) is 0 Å². The summed E-state index contributed by atoms with van der Waals surface area (Å²) >= 11 is 0. The molecule has 54 valence electrons. The molecule has 2 aliphatic rings. The van der Waals surface area contributed by atoms with Crippen molar-refractivity contribution in [3.05, 3.63) is 0 Å². The SMILES string of the molecule is O=C1CNNC2=NCCN12. The number of guanidine groups is 1. The fraction of sp³-hybridized carbons (Fsp3) is 0.600. The number of nitrogens with one attached hydrogen (secondary N) is 2. The van der Waals surface area contributed by atoms with Crippen LogP contribution in [0, 0.1) is 0 Å². The van der Waals surface area contributed by atoms with E-state index in [2.05, 4.69) is 15.8 Å². The number of carbonyl (C=O) groups is 1. The number of rotatable bonds is 0. The maximum Gasteiger partial charge on any atom is 0.245 e. The first-order valence-corrected chi connectivity index (χ1v) is 3.21. The van der Waals surface area contributed by atoms with Crippen molar-refractivity contribution >= 4 is 11.9 Å². The van der Waals surface area contributed by atoms with E-state index in [9.17, 15) is 4.79 Å². The van der Waals surface area contributed by atoms with Gasteiger partial charge in [-0.1, -0.05) is 0 Å². The van der Waals surface area contributed by atoms with Gasteiger partial charge in [-0.25, -0.2) is 10.4 Å². The topological polar surface area (TPSA) is 56.7 Å². The predicted octanol–water partition coefficient (Wildman–Crippen LogP) is -1.71. The lowest BCUT2D eigenvalue weighted by molar-refractivity contribution is -0.127. The number of hydrogen-bond acceptors (Lipinski definition) is 4. The third-order valence-electron chi connectivity index (χ3n) is 1.58. The summed E-state index contributed by atoms with van der Waals surface area (Å²) in [6.07, 6.45) is 0. The van der Waals surface area contributed by atoms with Crippen LogP contribution < -0.4 is 10.9 Å². The predicted molar refractivity (Wildman–Crippen MR) is 35.2 cm³/mol. The molecular formula is C5H8N4O. The summed E-state index contributed by atoms with van der Waals surface area (Å²) in [5.74, 6) is 0.756. The highest BCUT2D eigenvalue weighted by Gasteiger charge is 2.26. The minimum Gasteiger partial charge on any atom is -0.291 e. The molecule has 2 heterocycles. The molecule has 0 atom stereocenters. The maximum absolute atomic E-state index is 11.0. The van der Waals surface area contributed by atoms with Crippen LogP contribution in [0.1, 0.15) is 0 Å². The van der Waals surface area contributed by atoms with Crippen LogP contribution >= 0.6 is 0 Å². The summed E-state index contributed by atoms with van der Waals surface area (Å²) in [6, 6.07) is 0. The maximum atomic E-state index is 11.0. The second-order valence-corrected chi connectivity index (χ2v) is 2.23. The van der Waals surface area contributed by atoms with Crippen LogP contribution in [0.4, 0.5) is 0 Å². The summed E-state index contributed by atoms with van der Waals surface area (Å²) in [5.41, 5.74) is 5.55. The molecule has 2 aliphatic heterocycles. The van der Waals surface area contributed by atoms with Gasteiger partial charge >= 0.3 is 0 Å². The largest absolute Gasteiger partial charge is 0.291 e. The molecule has 0 aromatic carbocycles. The summed E-state index contributed by atoms with van der Waals surface area (Å²) < 4.78 is 0. The number of hydrazine groups is 1. The summed E-state index contributed by atoms with van der Waals surface area (Å²) in [5, 5.41) is 0. The summed E-state index contributed by atoms with van der Waals surface area (Å²) in [7, 11) is 0. The molecule has 1 saturated heterocycles. The number of carbonyl (C=O) groups excluding carboxylic acids is 1.